The molecule has 0 aromatic heterocycles. The van der Waals surface area contributed by atoms with Crippen LogP contribution in [0.2, 0.25) is 5.02 Å². The van der Waals surface area contributed by atoms with E-state index < -0.39 is 0 Å². The van der Waals surface area contributed by atoms with Gasteiger partial charge in [-0.1, -0.05) is 37.3 Å². The van der Waals surface area contributed by atoms with Gasteiger partial charge in [0.05, 0.1) is 22.3 Å². The summed E-state index contributed by atoms with van der Waals surface area (Å²) in [7, 11) is 0. The molecular formula is C15H17ClN2O. The van der Waals surface area contributed by atoms with Crippen molar-refractivity contribution in [3.8, 4) is 6.07 Å². The molecule has 1 aromatic carbocycles. The van der Waals surface area contributed by atoms with Crippen LogP contribution in [0.25, 0.3) is 0 Å². The summed E-state index contributed by atoms with van der Waals surface area (Å²) in [4.78, 5) is 12.2. The van der Waals surface area contributed by atoms with Gasteiger partial charge in [0.1, 0.15) is 0 Å². The van der Waals surface area contributed by atoms with Gasteiger partial charge in [-0.25, -0.2) is 0 Å². The molecule has 1 N–H and O–H groups in total. The second kappa shape index (κ2) is 6.58. The van der Waals surface area contributed by atoms with E-state index in [2.05, 4.69) is 5.32 Å². The summed E-state index contributed by atoms with van der Waals surface area (Å²) in [5.41, 5.74) is 1.09. The van der Waals surface area contributed by atoms with Gasteiger partial charge in [0, 0.05) is 5.92 Å². The van der Waals surface area contributed by atoms with E-state index in [4.69, 9.17) is 16.9 Å². The van der Waals surface area contributed by atoms with E-state index >= 15 is 0 Å². The Hall–Kier alpha value is -1.53. The smallest absolute Gasteiger partial charge is 0.227 e. The first-order chi connectivity index (χ1) is 9.20. The lowest BCUT2D eigenvalue weighted by Gasteiger charge is -2.15. The minimum Gasteiger partial charge on any atom is -0.325 e. The molecule has 2 rings (SSSR count). The summed E-state index contributed by atoms with van der Waals surface area (Å²) in [5.74, 6) is 0.141. The van der Waals surface area contributed by atoms with Crippen molar-refractivity contribution >= 4 is 23.2 Å². The number of nitriles is 1. The minimum atomic E-state index is 0.0495. The molecule has 100 valence electrons. The van der Waals surface area contributed by atoms with Crippen molar-refractivity contribution < 1.29 is 4.79 Å². The summed E-state index contributed by atoms with van der Waals surface area (Å²) >= 11 is 6.06. The second-order valence-electron chi connectivity index (χ2n) is 4.98. The van der Waals surface area contributed by atoms with Crippen molar-refractivity contribution in [2.24, 2.45) is 5.92 Å². The molecule has 3 nitrogen and oxygen atoms in total. The van der Waals surface area contributed by atoms with E-state index in [1.54, 1.807) is 18.2 Å². The SMILES string of the molecule is N#Cc1ccc(NC(=O)C2CCCCCC2)c(Cl)c1. The summed E-state index contributed by atoms with van der Waals surface area (Å²) in [6.45, 7) is 0. The monoisotopic (exact) mass is 276 g/mol. The van der Waals surface area contributed by atoms with Crippen LogP contribution >= 0.6 is 11.6 Å². The molecule has 1 saturated carbocycles. The first kappa shape index (κ1) is 13.9. The number of hydrogen-bond acceptors (Lipinski definition) is 2. The Kier molecular flexibility index (Phi) is 4.81. The molecule has 19 heavy (non-hydrogen) atoms. The van der Waals surface area contributed by atoms with Crippen molar-refractivity contribution in [3.05, 3.63) is 28.8 Å². The Labute approximate surface area is 118 Å². The standard InChI is InChI=1S/C15H17ClN2O/c16-13-9-11(10-17)7-8-14(13)18-15(19)12-5-3-1-2-4-6-12/h7-9,12H,1-6H2,(H,18,19). The number of benzene rings is 1. The fourth-order valence-electron chi connectivity index (χ4n) is 2.46. The van der Waals surface area contributed by atoms with E-state index in [1.807, 2.05) is 6.07 Å². The van der Waals surface area contributed by atoms with Crippen LogP contribution < -0.4 is 5.32 Å². The van der Waals surface area contributed by atoms with Crippen LogP contribution in [0.15, 0.2) is 18.2 Å². The van der Waals surface area contributed by atoms with Crippen LogP contribution in [0.1, 0.15) is 44.1 Å². The normalized spacial score (nSPS) is 16.4. The molecule has 1 amide bonds. The summed E-state index contributed by atoms with van der Waals surface area (Å²) in [6.07, 6.45) is 6.61. The Bertz CT molecular complexity index is 499. The van der Waals surface area contributed by atoms with E-state index in [-0.39, 0.29) is 11.8 Å². The molecule has 0 unspecified atom stereocenters. The molecule has 0 heterocycles. The number of hydrogen-bond donors (Lipinski definition) is 1. The van der Waals surface area contributed by atoms with E-state index in [0.29, 0.717) is 16.3 Å². The highest BCUT2D eigenvalue weighted by Crippen LogP contribution is 2.27. The number of carbonyl (C=O) groups excluding carboxylic acids is 1. The molecule has 1 aliphatic rings. The largest absolute Gasteiger partial charge is 0.325 e. The van der Waals surface area contributed by atoms with Gasteiger partial charge in [0.15, 0.2) is 0 Å². The Morgan fingerprint density at radius 1 is 1.26 bits per heavy atom. The molecule has 0 atom stereocenters. The van der Waals surface area contributed by atoms with Gasteiger partial charge in [-0.2, -0.15) is 5.26 Å². The molecule has 4 heteroatoms. The van der Waals surface area contributed by atoms with Gasteiger partial charge in [0.2, 0.25) is 5.91 Å². The number of nitrogens with one attached hydrogen (secondary N) is 1. The van der Waals surface area contributed by atoms with E-state index in [1.165, 1.54) is 12.8 Å². The highest BCUT2D eigenvalue weighted by atomic mass is 35.5. The maximum absolute atomic E-state index is 12.2. The lowest BCUT2D eigenvalue weighted by atomic mass is 9.99. The Balaban J connectivity index is 2.04. The molecule has 0 bridgehead atoms. The average molecular weight is 277 g/mol. The third kappa shape index (κ3) is 3.71. The molecule has 0 saturated heterocycles. The van der Waals surface area contributed by atoms with E-state index in [0.717, 1.165) is 25.7 Å². The highest BCUT2D eigenvalue weighted by Gasteiger charge is 2.20. The van der Waals surface area contributed by atoms with E-state index in [9.17, 15) is 4.79 Å². The number of amides is 1. The van der Waals surface area contributed by atoms with Crippen LogP contribution in [-0.2, 0) is 4.79 Å². The maximum Gasteiger partial charge on any atom is 0.227 e. The van der Waals surface area contributed by atoms with Crippen LogP contribution in [0.4, 0.5) is 5.69 Å². The van der Waals surface area contributed by atoms with Gasteiger partial charge in [-0.05, 0) is 31.0 Å². The molecule has 1 aliphatic carbocycles. The molecule has 0 spiro atoms. The number of halogens is 1. The molecular weight excluding hydrogens is 260 g/mol. The van der Waals surface area contributed by atoms with Crippen LogP contribution in [0.3, 0.4) is 0 Å². The third-order valence-corrected chi connectivity index (χ3v) is 3.89. The summed E-state index contributed by atoms with van der Waals surface area (Å²) in [5, 5.41) is 12.1. The second-order valence-corrected chi connectivity index (χ2v) is 5.39. The van der Waals surface area contributed by atoms with Crippen molar-refractivity contribution in [2.75, 3.05) is 5.32 Å². The van der Waals surface area contributed by atoms with Crippen molar-refractivity contribution in [3.63, 3.8) is 0 Å². The molecule has 0 radical (unpaired) electrons. The quantitative estimate of drug-likeness (QED) is 0.826. The van der Waals surface area contributed by atoms with Crippen LogP contribution in [-0.4, -0.2) is 5.91 Å². The summed E-state index contributed by atoms with van der Waals surface area (Å²) < 4.78 is 0. The molecule has 1 fully saturated rings. The number of rotatable bonds is 2. The first-order valence-corrected chi connectivity index (χ1v) is 7.09. The zero-order valence-electron chi connectivity index (χ0n) is 10.8. The fourth-order valence-corrected chi connectivity index (χ4v) is 2.69. The lowest BCUT2D eigenvalue weighted by Crippen LogP contribution is -2.22. The Morgan fingerprint density at radius 2 is 1.95 bits per heavy atom. The average Bonchev–Trinajstić information content (AvgIpc) is 2.70. The zero-order valence-corrected chi connectivity index (χ0v) is 11.5. The maximum atomic E-state index is 12.2. The number of nitrogens with zero attached hydrogens (tertiary/aromatic N) is 1. The lowest BCUT2D eigenvalue weighted by molar-refractivity contribution is -0.120. The number of carbonyl (C=O) groups is 1. The van der Waals surface area contributed by atoms with Crippen molar-refractivity contribution in [2.45, 2.75) is 38.5 Å². The van der Waals surface area contributed by atoms with Gasteiger partial charge >= 0.3 is 0 Å². The van der Waals surface area contributed by atoms with Gasteiger partial charge in [-0.15, -0.1) is 0 Å². The highest BCUT2D eigenvalue weighted by molar-refractivity contribution is 6.33. The van der Waals surface area contributed by atoms with Gasteiger partial charge < -0.3 is 5.32 Å². The minimum absolute atomic E-state index is 0.0495. The van der Waals surface area contributed by atoms with Gasteiger partial charge in [0.25, 0.3) is 0 Å². The molecule has 0 aliphatic heterocycles. The number of anilines is 1. The third-order valence-electron chi connectivity index (χ3n) is 3.58. The topological polar surface area (TPSA) is 52.9 Å². The van der Waals surface area contributed by atoms with Crippen LogP contribution in [0, 0.1) is 17.2 Å². The van der Waals surface area contributed by atoms with Crippen molar-refractivity contribution in [1.82, 2.24) is 0 Å². The fraction of sp³-hybridized carbons (Fsp3) is 0.467. The molecule has 1 aromatic rings. The summed E-state index contributed by atoms with van der Waals surface area (Å²) in [6, 6.07) is 6.95. The predicted octanol–water partition coefficient (Wildman–Crippen LogP) is 4.12. The van der Waals surface area contributed by atoms with Crippen LogP contribution in [0.5, 0.6) is 0 Å². The predicted molar refractivity (Wildman–Crippen MR) is 76.0 cm³/mol. The Morgan fingerprint density at radius 3 is 2.53 bits per heavy atom. The first-order valence-electron chi connectivity index (χ1n) is 6.71. The van der Waals surface area contributed by atoms with Gasteiger partial charge in [-0.3, -0.25) is 4.79 Å². The van der Waals surface area contributed by atoms with Crippen molar-refractivity contribution in [1.29, 1.82) is 5.26 Å². The zero-order chi connectivity index (χ0) is 13.7.